The van der Waals surface area contributed by atoms with Crippen molar-refractivity contribution in [2.24, 2.45) is 11.8 Å². The highest BCUT2D eigenvalue weighted by atomic mass is 35.5. The van der Waals surface area contributed by atoms with E-state index in [2.05, 4.69) is 10.0 Å². The van der Waals surface area contributed by atoms with Crippen LogP contribution in [0.4, 0.5) is 0 Å². The van der Waals surface area contributed by atoms with Crippen LogP contribution in [0.1, 0.15) is 34.6 Å². The fourth-order valence-electron chi connectivity index (χ4n) is 2.08. The number of amides is 1. The Morgan fingerprint density at radius 2 is 1.78 bits per heavy atom. The molecule has 0 aliphatic carbocycles. The molecule has 0 heterocycles. The lowest BCUT2D eigenvalue weighted by Gasteiger charge is -2.23. The van der Waals surface area contributed by atoms with E-state index in [1.54, 1.807) is 19.9 Å². The van der Waals surface area contributed by atoms with E-state index in [9.17, 15) is 18.0 Å². The van der Waals surface area contributed by atoms with E-state index in [-0.39, 0.29) is 15.8 Å². The van der Waals surface area contributed by atoms with Gasteiger partial charge >= 0.3 is 5.97 Å². The topological polar surface area (TPSA) is 102 Å². The van der Waals surface area contributed by atoms with Gasteiger partial charge in [0.05, 0.1) is 4.90 Å². The van der Waals surface area contributed by atoms with Crippen LogP contribution < -0.4 is 10.0 Å². The summed E-state index contributed by atoms with van der Waals surface area (Å²) in [7, 11) is -3.99. The second kappa shape index (κ2) is 10.1. The van der Waals surface area contributed by atoms with E-state index in [4.69, 9.17) is 16.3 Å². The van der Waals surface area contributed by atoms with Crippen molar-refractivity contribution < 1.29 is 22.7 Å². The van der Waals surface area contributed by atoms with Crippen LogP contribution in [0.25, 0.3) is 0 Å². The van der Waals surface area contributed by atoms with Crippen LogP contribution in [-0.4, -0.2) is 39.0 Å². The smallest absolute Gasteiger partial charge is 0.325 e. The molecular formula is C18H27ClN2O5S. The van der Waals surface area contributed by atoms with Gasteiger partial charge in [-0.2, -0.15) is 4.72 Å². The van der Waals surface area contributed by atoms with Gasteiger partial charge in [-0.15, -0.1) is 0 Å². The Kier molecular flexibility index (Phi) is 8.71. The van der Waals surface area contributed by atoms with Gasteiger partial charge < -0.3 is 10.1 Å². The molecule has 27 heavy (non-hydrogen) atoms. The minimum absolute atomic E-state index is 0.0591. The normalized spacial score (nSPS) is 14.1. The lowest BCUT2D eigenvalue weighted by Crippen LogP contribution is -2.47. The van der Waals surface area contributed by atoms with Crippen molar-refractivity contribution in [3.63, 3.8) is 0 Å². The Labute approximate surface area is 165 Å². The fraction of sp³-hybridized carbons (Fsp3) is 0.556. The van der Waals surface area contributed by atoms with Crippen LogP contribution in [0.5, 0.6) is 0 Å². The van der Waals surface area contributed by atoms with Crippen molar-refractivity contribution in [3.05, 3.63) is 29.3 Å². The van der Waals surface area contributed by atoms with Crippen molar-refractivity contribution in [2.75, 3.05) is 6.54 Å². The molecule has 1 amide bonds. The van der Waals surface area contributed by atoms with Gasteiger partial charge in [0, 0.05) is 11.6 Å². The van der Waals surface area contributed by atoms with Crippen LogP contribution in [0.2, 0.25) is 5.02 Å². The van der Waals surface area contributed by atoms with Crippen LogP contribution in [0.3, 0.4) is 0 Å². The summed E-state index contributed by atoms with van der Waals surface area (Å²) in [5.74, 6) is -1.39. The van der Waals surface area contributed by atoms with Crippen molar-refractivity contribution in [1.29, 1.82) is 0 Å². The summed E-state index contributed by atoms with van der Waals surface area (Å²) in [6.07, 6.45) is -1.03. The van der Waals surface area contributed by atoms with E-state index in [0.717, 1.165) is 0 Å². The van der Waals surface area contributed by atoms with Gasteiger partial charge in [0.25, 0.3) is 5.91 Å². The SMILES string of the molecule is CC(C)CNC(=O)[C@H](C)OC(=O)[C@@H](NS(=O)(=O)c1cccc(Cl)c1)C(C)C. The Morgan fingerprint density at radius 1 is 1.15 bits per heavy atom. The molecule has 0 aliphatic rings. The number of nitrogens with one attached hydrogen (secondary N) is 2. The lowest BCUT2D eigenvalue weighted by molar-refractivity contribution is -0.157. The number of carbonyl (C=O) groups is 2. The number of sulfonamides is 1. The Hall–Kier alpha value is -1.64. The molecule has 0 saturated carbocycles. The van der Waals surface area contributed by atoms with E-state index in [1.165, 1.54) is 25.1 Å². The monoisotopic (exact) mass is 418 g/mol. The molecule has 0 aromatic heterocycles. The van der Waals surface area contributed by atoms with Crippen LogP contribution in [0.15, 0.2) is 29.2 Å². The zero-order valence-electron chi connectivity index (χ0n) is 16.2. The third-order valence-corrected chi connectivity index (χ3v) is 5.33. The minimum atomic E-state index is -3.99. The first-order valence-corrected chi connectivity index (χ1v) is 10.6. The molecule has 2 N–H and O–H groups in total. The number of halogens is 1. The molecule has 0 unspecified atom stereocenters. The molecule has 0 aliphatic heterocycles. The number of benzene rings is 1. The van der Waals surface area contributed by atoms with Crippen LogP contribution in [0, 0.1) is 11.8 Å². The van der Waals surface area contributed by atoms with Gasteiger partial charge in [-0.3, -0.25) is 9.59 Å². The van der Waals surface area contributed by atoms with Gasteiger partial charge in [-0.1, -0.05) is 45.4 Å². The first-order chi connectivity index (χ1) is 12.4. The summed E-state index contributed by atoms with van der Waals surface area (Å²) in [5.41, 5.74) is 0. The quantitative estimate of drug-likeness (QED) is 0.599. The van der Waals surface area contributed by atoms with Crippen molar-refractivity contribution >= 4 is 33.5 Å². The molecule has 0 spiro atoms. The Balaban J connectivity index is 2.86. The van der Waals surface area contributed by atoms with Crippen LogP contribution >= 0.6 is 11.6 Å². The summed E-state index contributed by atoms with van der Waals surface area (Å²) >= 11 is 5.84. The van der Waals surface area contributed by atoms with Gasteiger partial charge in [0.2, 0.25) is 10.0 Å². The number of rotatable bonds is 9. The zero-order valence-corrected chi connectivity index (χ0v) is 17.7. The maximum Gasteiger partial charge on any atom is 0.325 e. The van der Waals surface area contributed by atoms with Crippen molar-refractivity contribution in [2.45, 2.75) is 51.7 Å². The summed E-state index contributed by atoms with van der Waals surface area (Å²) in [6, 6.07) is 4.56. The Morgan fingerprint density at radius 3 is 2.30 bits per heavy atom. The third kappa shape index (κ3) is 7.48. The van der Waals surface area contributed by atoms with Crippen LogP contribution in [-0.2, 0) is 24.3 Å². The van der Waals surface area contributed by atoms with Crippen molar-refractivity contribution in [3.8, 4) is 0 Å². The molecule has 1 rings (SSSR count). The first-order valence-electron chi connectivity index (χ1n) is 8.70. The largest absolute Gasteiger partial charge is 0.451 e. The predicted octanol–water partition coefficient (Wildman–Crippen LogP) is 2.35. The number of ether oxygens (including phenoxy) is 1. The molecule has 7 nitrogen and oxygen atoms in total. The van der Waals surface area contributed by atoms with Gasteiger partial charge in [0.1, 0.15) is 6.04 Å². The molecule has 152 valence electrons. The molecule has 0 radical (unpaired) electrons. The molecule has 2 atom stereocenters. The third-order valence-electron chi connectivity index (χ3n) is 3.66. The first kappa shape index (κ1) is 23.4. The van der Waals surface area contributed by atoms with E-state index >= 15 is 0 Å². The lowest BCUT2D eigenvalue weighted by atomic mass is 10.1. The number of carbonyl (C=O) groups excluding carboxylic acids is 2. The average Bonchev–Trinajstić information content (AvgIpc) is 2.57. The van der Waals surface area contributed by atoms with Gasteiger partial charge in [0.15, 0.2) is 6.10 Å². The summed E-state index contributed by atoms with van der Waals surface area (Å²) in [5, 5.41) is 2.93. The zero-order chi connectivity index (χ0) is 20.8. The molecular weight excluding hydrogens is 392 g/mol. The molecule has 0 fully saturated rings. The molecule has 1 aromatic carbocycles. The number of hydrogen-bond donors (Lipinski definition) is 2. The average molecular weight is 419 g/mol. The number of hydrogen-bond acceptors (Lipinski definition) is 5. The van der Waals surface area contributed by atoms with E-state index in [1.807, 2.05) is 13.8 Å². The van der Waals surface area contributed by atoms with Gasteiger partial charge in [-0.05, 0) is 37.0 Å². The van der Waals surface area contributed by atoms with E-state index in [0.29, 0.717) is 6.54 Å². The highest BCUT2D eigenvalue weighted by Gasteiger charge is 2.31. The molecule has 0 bridgehead atoms. The van der Waals surface area contributed by atoms with Gasteiger partial charge in [-0.25, -0.2) is 8.42 Å². The molecule has 1 aromatic rings. The molecule has 0 saturated heterocycles. The standard InChI is InChI=1S/C18H27ClN2O5S/c1-11(2)10-20-17(22)13(5)26-18(23)16(12(3)4)21-27(24,25)15-8-6-7-14(19)9-15/h6-9,11-13,16,21H,10H2,1-5H3,(H,20,22)/t13-,16-/m0/s1. The summed E-state index contributed by atoms with van der Waals surface area (Å²) in [4.78, 5) is 24.4. The highest BCUT2D eigenvalue weighted by Crippen LogP contribution is 2.17. The maximum absolute atomic E-state index is 12.5. The Bertz CT molecular complexity index is 765. The second-order valence-corrected chi connectivity index (χ2v) is 9.17. The summed E-state index contributed by atoms with van der Waals surface area (Å²) in [6.45, 7) is 9.13. The second-order valence-electron chi connectivity index (χ2n) is 7.02. The summed E-state index contributed by atoms with van der Waals surface area (Å²) < 4.78 is 32.6. The maximum atomic E-state index is 12.5. The predicted molar refractivity (Wildman–Crippen MR) is 104 cm³/mol. The molecule has 9 heteroatoms. The fourth-order valence-corrected chi connectivity index (χ4v) is 3.71. The minimum Gasteiger partial charge on any atom is -0.451 e. The van der Waals surface area contributed by atoms with E-state index < -0.39 is 40.0 Å². The number of esters is 1. The highest BCUT2D eigenvalue weighted by molar-refractivity contribution is 7.89. The van der Waals surface area contributed by atoms with Crippen molar-refractivity contribution in [1.82, 2.24) is 10.0 Å².